The maximum Gasteiger partial charge on any atom is 0.223 e. The Kier molecular flexibility index (Phi) is 8.45. The third-order valence-electron chi connectivity index (χ3n) is 3.07. The third kappa shape index (κ3) is 5.59. The summed E-state index contributed by atoms with van der Waals surface area (Å²) in [6.45, 7) is 12.0. The first-order valence-corrected chi connectivity index (χ1v) is 8.64. The van der Waals surface area contributed by atoms with Gasteiger partial charge in [-0.15, -0.1) is 0 Å². The number of ether oxygens (including phenoxy) is 2. The summed E-state index contributed by atoms with van der Waals surface area (Å²) < 4.78 is 16.9. The molecule has 112 valence electrons. The summed E-state index contributed by atoms with van der Waals surface area (Å²) in [7, 11) is -0.833. The summed E-state index contributed by atoms with van der Waals surface area (Å²) in [6.07, 6.45) is 1.90. The Morgan fingerprint density at radius 1 is 1.20 bits per heavy atom. The van der Waals surface area contributed by atoms with Crippen molar-refractivity contribution in [1.29, 1.82) is 0 Å². The molecular weight excluding hydrogens is 268 g/mol. The van der Waals surface area contributed by atoms with Crippen molar-refractivity contribution in [1.82, 2.24) is 0 Å². The summed E-state index contributed by atoms with van der Waals surface area (Å²) in [5.74, 6) is 0.215. The van der Waals surface area contributed by atoms with E-state index < -0.39 is 9.76 Å². The molecular formula is C16H26O3Si. The molecule has 0 aliphatic rings. The van der Waals surface area contributed by atoms with Crippen LogP contribution in [0.2, 0.25) is 0 Å². The van der Waals surface area contributed by atoms with Gasteiger partial charge in [0.1, 0.15) is 0 Å². The lowest BCUT2D eigenvalue weighted by atomic mass is 9.96. The molecule has 0 spiro atoms. The summed E-state index contributed by atoms with van der Waals surface area (Å²) in [4.78, 5) is 0. The Morgan fingerprint density at radius 2 is 1.85 bits per heavy atom. The van der Waals surface area contributed by atoms with Gasteiger partial charge in [0, 0.05) is 25.7 Å². The molecule has 0 aromatic heterocycles. The molecule has 0 N–H and O–H groups in total. The van der Waals surface area contributed by atoms with Crippen LogP contribution in [0.25, 0.3) is 6.08 Å². The minimum absolute atomic E-state index is 0.133. The highest BCUT2D eigenvalue weighted by atomic mass is 28.2. The van der Waals surface area contributed by atoms with E-state index in [1.807, 2.05) is 26.0 Å². The summed E-state index contributed by atoms with van der Waals surface area (Å²) in [5.41, 5.74) is 2.46. The van der Waals surface area contributed by atoms with E-state index in [0.717, 1.165) is 0 Å². The van der Waals surface area contributed by atoms with Gasteiger partial charge >= 0.3 is 0 Å². The van der Waals surface area contributed by atoms with Gasteiger partial charge in [0.2, 0.25) is 9.76 Å². The van der Waals surface area contributed by atoms with Crippen molar-refractivity contribution in [2.24, 2.45) is 0 Å². The average molecular weight is 294 g/mol. The van der Waals surface area contributed by atoms with Crippen LogP contribution < -0.4 is 0 Å². The average Bonchev–Trinajstić information content (AvgIpc) is 2.47. The fourth-order valence-electron chi connectivity index (χ4n) is 2.09. The smallest absolute Gasteiger partial charge is 0.223 e. The lowest BCUT2D eigenvalue weighted by Gasteiger charge is -2.19. The van der Waals surface area contributed by atoms with Crippen molar-refractivity contribution < 1.29 is 13.9 Å². The highest BCUT2D eigenvalue weighted by Gasteiger charge is 2.12. The Morgan fingerprint density at radius 3 is 2.45 bits per heavy atom. The first kappa shape index (κ1) is 17.1. The fraction of sp³-hybridized carbons (Fsp3) is 0.500. The van der Waals surface area contributed by atoms with Gasteiger partial charge in [-0.3, -0.25) is 0 Å². The quantitative estimate of drug-likeness (QED) is 0.490. The van der Waals surface area contributed by atoms with E-state index in [1.165, 1.54) is 11.1 Å². The van der Waals surface area contributed by atoms with Gasteiger partial charge in [0.05, 0.1) is 0 Å². The zero-order chi connectivity index (χ0) is 14.8. The van der Waals surface area contributed by atoms with Crippen LogP contribution >= 0.6 is 0 Å². The molecule has 1 aromatic rings. The van der Waals surface area contributed by atoms with E-state index in [9.17, 15) is 0 Å². The number of hydrogen-bond donors (Lipinski definition) is 0. The molecule has 0 radical (unpaired) electrons. The van der Waals surface area contributed by atoms with Crippen molar-refractivity contribution >= 4 is 15.8 Å². The van der Waals surface area contributed by atoms with E-state index in [2.05, 4.69) is 31.7 Å². The van der Waals surface area contributed by atoms with Crippen molar-refractivity contribution in [3.8, 4) is 0 Å². The minimum atomic E-state index is -0.833. The summed E-state index contributed by atoms with van der Waals surface area (Å²) >= 11 is 0. The Bertz CT molecular complexity index is 389. The van der Waals surface area contributed by atoms with Crippen LogP contribution in [0, 0.1) is 0 Å². The molecule has 0 aliphatic heterocycles. The van der Waals surface area contributed by atoms with Crippen molar-refractivity contribution in [2.45, 2.75) is 32.6 Å². The monoisotopic (exact) mass is 294 g/mol. The van der Waals surface area contributed by atoms with Gasteiger partial charge in [-0.1, -0.05) is 43.8 Å². The molecule has 3 nitrogen and oxygen atoms in total. The standard InChI is InChI=1S/C16H26O3Si/c1-5-14-10-8-9-11-15(14)13(4)12-19-20-16(17-6-2)18-7-3/h5,8-11,13,16H,1,6-7,12,20H2,2-4H3. The number of rotatable bonds is 10. The maximum absolute atomic E-state index is 5.87. The first-order chi connectivity index (χ1) is 9.72. The molecule has 0 amide bonds. The topological polar surface area (TPSA) is 27.7 Å². The molecule has 1 rings (SSSR count). The van der Waals surface area contributed by atoms with Gasteiger partial charge in [0.15, 0.2) is 5.91 Å². The van der Waals surface area contributed by atoms with E-state index in [4.69, 9.17) is 13.9 Å². The Hall–Kier alpha value is -0.943. The van der Waals surface area contributed by atoms with Crippen LogP contribution in [0.4, 0.5) is 0 Å². The SMILES string of the molecule is C=Cc1ccccc1C(C)CO[SiH2]C(OCC)OCC. The van der Waals surface area contributed by atoms with Crippen LogP contribution in [-0.2, 0) is 13.9 Å². The molecule has 20 heavy (non-hydrogen) atoms. The predicted molar refractivity (Wildman–Crippen MR) is 86.5 cm³/mol. The van der Waals surface area contributed by atoms with Crippen molar-refractivity contribution in [2.75, 3.05) is 19.8 Å². The lowest BCUT2D eigenvalue weighted by Crippen LogP contribution is -2.27. The zero-order valence-electron chi connectivity index (χ0n) is 12.8. The first-order valence-electron chi connectivity index (χ1n) is 7.25. The second-order valence-corrected chi connectivity index (χ2v) is 6.02. The lowest BCUT2D eigenvalue weighted by molar-refractivity contribution is -0.0900. The van der Waals surface area contributed by atoms with Crippen molar-refractivity contribution in [3.63, 3.8) is 0 Å². The van der Waals surface area contributed by atoms with Crippen LogP contribution in [0.3, 0.4) is 0 Å². The van der Waals surface area contributed by atoms with Gasteiger partial charge in [-0.2, -0.15) is 0 Å². The Balaban J connectivity index is 2.46. The molecule has 1 aromatic carbocycles. The molecule has 0 saturated carbocycles. The predicted octanol–water partition coefficient (Wildman–Crippen LogP) is 2.89. The second kappa shape index (κ2) is 9.88. The van der Waals surface area contributed by atoms with Crippen LogP contribution in [0.15, 0.2) is 30.8 Å². The molecule has 0 saturated heterocycles. The van der Waals surface area contributed by atoms with Gasteiger partial charge in [-0.05, 0) is 25.0 Å². The third-order valence-corrected chi connectivity index (χ3v) is 4.29. The van der Waals surface area contributed by atoms with E-state index in [-0.39, 0.29) is 5.91 Å². The molecule has 0 heterocycles. The molecule has 1 unspecified atom stereocenters. The van der Waals surface area contributed by atoms with Crippen LogP contribution in [0.5, 0.6) is 0 Å². The van der Waals surface area contributed by atoms with Gasteiger partial charge < -0.3 is 13.9 Å². The molecule has 0 fully saturated rings. The van der Waals surface area contributed by atoms with E-state index in [1.54, 1.807) is 0 Å². The van der Waals surface area contributed by atoms with Gasteiger partial charge in [-0.25, -0.2) is 0 Å². The maximum atomic E-state index is 5.87. The zero-order valence-corrected chi connectivity index (χ0v) is 14.2. The van der Waals surface area contributed by atoms with E-state index >= 15 is 0 Å². The molecule has 0 aliphatic carbocycles. The second-order valence-electron chi connectivity index (χ2n) is 4.61. The minimum Gasteiger partial charge on any atom is -0.418 e. The van der Waals surface area contributed by atoms with Crippen molar-refractivity contribution in [3.05, 3.63) is 42.0 Å². The van der Waals surface area contributed by atoms with Gasteiger partial charge in [0.25, 0.3) is 0 Å². The summed E-state index contributed by atoms with van der Waals surface area (Å²) in [5, 5.41) is 0. The molecule has 0 bridgehead atoms. The number of hydrogen-bond acceptors (Lipinski definition) is 3. The van der Waals surface area contributed by atoms with Crippen LogP contribution in [-0.4, -0.2) is 35.5 Å². The highest BCUT2D eigenvalue weighted by Crippen LogP contribution is 2.21. The fourth-order valence-corrected chi connectivity index (χ4v) is 3.44. The largest absolute Gasteiger partial charge is 0.418 e. The molecule has 4 heteroatoms. The highest BCUT2D eigenvalue weighted by molar-refractivity contribution is 6.28. The summed E-state index contributed by atoms with van der Waals surface area (Å²) in [6, 6.07) is 8.30. The molecule has 1 atom stereocenters. The van der Waals surface area contributed by atoms with Crippen LogP contribution in [0.1, 0.15) is 37.8 Å². The number of benzene rings is 1. The van der Waals surface area contributed by atoms with E-state index in [0.29, 0.717) is 25.7 Å². The normalized spacial score (nSPS) is 13.2. The Labute approximate surface area is 124 Å².